The first-order valence-corrected chi connectivity index (χ1v) is 9.19. The minimum Gasteiger partial charge on any atom is -0.383 e. The fraction of sp³-hybridized carbons (Fsp3) is 0.375. The summed E-state index contributed by atoms with van der Waals surface area (Å²) in [5.74, 6) is 0.550. The van der Waals surface area contributed by atoms with E-state index in [4.69, 9.17) is 5.73 Å². The summed E-state index contributed by atoms with van der Waals surface area (Å²) in [4.78, 5) is 23.3. The van der Waals surface area contributed by atoms with Gasteiger partial charge in [-0.1, -0.05) is 0 Å². The van der Waals surface area contributed by atoms with E-state index in [1.807, 2.05) is 11.6 Å². The molecule has 2 heterocycles. The van der Waals surface area contributed by atoms with Crippen molar-refractivity contribution in [1.82, 2.24) is 9.88 Å². The number of hydrogen-bond acceptors (Lipinski definition) is 7. The van der Waals surface area contributed by atoms with Gasteiger partial charge in [0.25, 0.3) is 5.69 Å². The molecule has 0 spiro atoms. The first-order chi connectivity index (χ1) is 12.6. The highest BCUT2D eigenvalue weighted by Gasteiger charge is 2.19. The molecule has 0 saturated carbocycles. The number of rotatable bonds is 6. The summed E-state index contributed by atoms with van der Waals surface area (Å²) in [7, 11) is 0. The maximum absolute atomic E-state index is 10.6. The molecule has 0 atom stereocenters. The van der Waals surface area contributed by atoms with E-state index in [-0.39, 0.29) is 29.7 Å². The molecule has 0 aliphatic carbocycles. The first-order valence-electron chi connectivity index (χ1n) is 8.31. The fourth-order valence-electron chi connectivity index (χ4n) is 2.67. The van der Waals surface area contributed by atoms with Crippen molar-refractivity contribution < 1.29 is 4.92 Å². The van der Waals surface area contributed by atoms with Gasteiger partial charge in [-0.3, -0.25) is 15.1 Å². The second kappa shape index (κ2) is 10.3. The van der Waals surface area contributed by atoms with Crippen LogP contribution in [0.2, 0.25) is 0 Å². The topological polar surface area (TPSA) is 113 Å². The lowest BCUT2D eigenvalue weighted by molar-refractivity contribution is -0.384. The average Bonchev–Trinajstić information content (AvgIpc) is 3.20. The van der Waals surface area contributed by atoms with Crippen molar-refractivity contribution in [3.63, 3.8) is 0 Å². The second-order valence-electron chi connectivity index (χ2n) is 5.76. The fourth-order valence-corrected chi connectivity index (χ4v) is 3.37. The first kappa shape index (κ1) is 21.2. The Labute approximate surface area is 178 Å². The van der Waals surface area contributed by atoms with E-state index >= 15 is 0 Å². The molecule has 11 heteroatoms. The van der Waals surface area contributed by atoms with Gasteiger partial charge in [0.1, 0.15) is 0 Å². The molecule has 0 bridgehead atoms. The molecule has 1 aromatic carbocycles. The Balaban J connectivity index is 0.00000261. The number of guanidine groups is 1. The van der Waals surface area contributed by atoms with Crippen LogP contribution in [0, 0.1) is 10.1 Å². The molecule has 0 amide bonds. The number of nitrogens with one attached hydrogen (secondary N) is 1. The van der Waals surface area contributed by atoms with Crippen molar-refractivity contribution in [1.29, 1.82) is 0 Å². The molecule has 2 aromatic rings. The molecule has 146 valence electrons. The molecule has 3 N–H and O–H groups in total. The number of non-ortho nitro benzene ring substituents is 1. The predicted octanol–water partition coefficient (Wildman–Crippen LogP) is 2.22. The van der Waals surface area contributed by atoms with Crippen molar-refractivity contribution in [3.8, 4) is 0 Å². The third kappa shape index (κ3) is 5.92. The standard InChI is InChI=1S/C16H21N7O2S.HI/c17-15(21-8-10-22(11-9-21)16-20-7-12-26-16)19-6-5-18-13-1-3-14(4-2-13)23(24)25;/h1-4,7,12,18H,5-6,8-11H2,(H2,17,19);1H. The molecule has 1 saturated heterocycles. The third-order valence-electron chi connectivity index (χ3n) is 4.09. The van der Waals surface area contributed by atoms with Crippen LogP contribution in [0.25, 0.3) is 0 Å². The quantitative estimate of drug-likeness (QED) is 0.155. The van der Waals surface area contributed by atoms with E-state index < -0.39 is 4.92 Å². The summed E-state index contributed by atoms with van der Waals surface area (Å²) in [6.07, 6.45) is 1.82. The minimum atomic E-state index is -0.414. The molecular formula is C16H22IN7O2S. The van der Waals surface area contributed by atoms with Gasteiger partial charge in [0, 0.05) is 62.1 Å². The Kier molecular flexibility index (Phi) is 8.03. The number of benzene rings is 1. The van der Waals surface area contributed by atoms with Crippen LogP contribution in [0.3, 0.4) is 0 Å². The zero-order valence-corrected chi connectivity index (χ0v) is 17.8. The monoisotopic (exact) mass is 503 g/mol. The number of halogens is 1. The van der Waals surface area contributed by atoms with Crippen LogP contribution in [0.15, 0.2) is 40.8 Å². The summed E-state index contributed by atoms with van der Waals surface area (Å²) < 4.78 is 0. The molecule has 1 aliphatic heterocycles. The lowest BCUT2D eigenvalue weighted by Gasteiger charge is -2.35. The van der Waals surface area contributed by atoms with Crippen LogP contribution in [-0.4, -0.2) is 60.0 Å². The number of hydrogen-bond donors (Lipinski definition) is 2. The zero-order chi connectivity index (χ0) is 18.4. The second-order valence-corrected chi connectivity index (χ2v) is 6.63. The predicted molar refractivity (Wildman–Crippen MR) is 119 cm³/mol. The zero-order valence-electron chi connectivity index (χ0n) is 14.7. The van der Waals surface area contributed by atoms with E-state index in [2.05, 4.69) is 25.1 Å². The summed E-state index contributed by atoms with van der Waals surface area (Å²) >= 11 is 1.65. The lowest BCUT2D eigenvalue weighted by Crippen LogP contribution is -2.51. The van der Waals surface area contributed by atoms with Gasteiger partial charge in [0.2, 0.25) is 0 Å². The number of anilines is 2. The Morgan fingerprint density at radius 3 is 2.59 bits per heavy atom. The Morgan fingerprint density at radius 2 is 2.00 bits per heavy atom. The molecule has 27 heavy (non-hydrogen) atoms. The molecule has 1 aromatic heterocycles. The smallest absolute Gasteiger partial charge is 0.269 e. The molecule has 0 radical (unpaired) electrons. The van der Waals surface area contributed by atoms with Crippen molar-refractivity contribution >= 4 is 57.8 Å². The van der Waals surface area contributed by atoms with Crippen LogP contribution in [0.1, 0.15) is 0 Å². The van der Waals surface area contributed by atoms with Crippen molar-refractivity contribution in [2.45, 2.75) is 0 Å². The van der Waals surface area contributed by atoms with Crippen molar-refractivity contribution in [3.05, 3.63) is 46.0 Å². The van der Waals surface area contributed by atoms with Gasteiger partial charge in [0.15, 0.2) is 11.1 Å². The summed E-state index contributed by atoms with van der Waals surface area (Å²) in [5, 5.41) is 16.8. The number of aromatic nitrogens is 1. The number of aliphatic imine (C=N–C) groups is 1. The van der Waals surface area contributed by atoms with Gasteiger partial charge < -0.3 is 20.9 Å². The van der Waals surface area contributed by atoms with Crippen LogP contribution in [-0.2, 0) is 0 Å². The van der Waals surface area contributed by atoms with E-state index in [0.717, 1.165) is 37.0 Å². The van der Waals surface area contributed by atoms with Crippen LogP contribution < -0.4 is 16.0 Å². The van der Waals surface area contributed by atoms with Crippen molar-refractivity contribution in [2.75, 3.05) is 49.5 Å². The number of piperazine rings is 1. The van der Waals surface area contributed by atoms with Gasteiger partial charge in [-0.25, -0.2) is 4.98 Å². The maximum atomic E-state index is 10.6. The van der Waals surface area contributed by atoms with Crippen LogP contribution in [0.4, 0.5) is 16.5 Å². The Bertz CT molecular complexity index is 747. The summed E-state index contributed by atoms with van der Waals surface area (Å²) in [6.45, 7) is 4.55. The Morgan fingerprint density at radius 1 is 1.30 bits per heavy atom. The van der Waals surface area contributed by atoms with E-state index in [0.29, 0.717) is 19.0 Å². The Hall–Kier alpha value is -2.15. The SMILES string of the molecule is I.NC(=NCCNc1ccc([N+](=O)[O-])cc1)N1CCN(c2nccs2)CC1. The highest BCUT2D eigenvalue weighted by Crippen LogP contribution is 2.18. The van der Waals surface area contributed by atoms with E-state index in [1.54, 1.807) is 23.5 Å². The average molecular weight is 503 g/mol. The highest BCUT2D eigenvalue weighted by molar-refractivity contribution is 14.0. The molecule has 3 rings (SSSR count). The number of nitrogens with zero attached hydrogens (tertiary/aromatic N) is 5. The van der Waals surface area contributed by atoms with E-state index in [9.17, 15) is 10.1 Å². The molecule has 1 aliphatic rings. The maximum Gasteiger partial charge on any atom is 0.269 e. The highest BCUT2D eigenvalue weighted by atomic mass is 127. The summed E-state index contributed by atoms with van der Waals surface area (Å²) in [6, 6.07) is 6.32. The van der Waals surface area contributed by atoms with Gasteiger partial charge in [-0.15, -0.1) is 35.3 Å². The normalized spacial score (nSPS) is 14.6. The number of nitrogens with two attached hydrogens (primary N) is 1. The van der Waals surface area contributed by atoms with Gasteiger partial charge >= 0.3 is 0 Å². The van der Waals surface area contributed by atoms with Crippen LogP contribution in [0.5, 0.6) is 0 Å². The third-order valence-corrected chi connectivity index (χ3v) is 4.92. The van der Waals surface area contributed by atoms with Gasteiger partial charge in [0.05, 0.1) is 11.5 Å². The molecular weight excluding hydrogens is 481 g/mol. The molecule has 9 nitrogen and oxygen atoms in total. The molecule has 1 fully saturated rings. The largest absolute Gasteiger partial charge is 0.383 e. The van der Waals surface area contributed by atoms with Crippen molar-refractivity contribution in [2.24, 2.45) is 10.7 Å². The van der Waals surface area contributed by atoms with E-state index in [1.165, 1.54) is 12.1 Å². The molecule has 0 unspecified atom stereocenters. The lowest BCUT2D eigenvalue weighted by atomic mass is 10.3. The number of nitro benzene ring substituents is 1. The number of nitro groups is 1. The van der Waals surface area contributed by atoms with Gasteiger partial charge in [-0.05, 0) is 12.1 Å². The number of thiazole rings is 1. The minimum absolute atomic E-state index is 0. The summed E-state index contributed by atoms with van der Waals surface area (Å²) in [5.41, 5.74) is 6.99. The van der Waals surface area contributed by atoms with Gasteiger partial charge in [-0.2, -0.15) is 0 Å². The van der Waals surface area contributed by atoms with Crippen LogP contribution >= 0.6 is 35.3 Å².